The molecule has 0 aliphatic heterocycles. The molecule has 0 saturated heterocycles. The fourth-order valence-electron chi connectivity index (χ4n) is 7.81. The number of hydrogen-bond acceptors (Lipinski definition) is 7. The minimum Gasteiger partial charge on any atom is -0.462 e. The molecule has 4 fully saturated rings. The van der Waals surface area contributed by atoms with Crippen LogP contribution in [-0.4, -0.2) is 57.3 Å². The van der Waals surface area contributed by atoms with Crippen molar-refractivity contribution in [3.8, 4) is 0 Å². The molecule has 1 spiro atoms. The molecule has 0 aromatic rings. The molecule has 162 valence electrons. The molecule has 7 nitrogen and oxygen atoms in total. The van der Waals surface area contributed by atoms with E-state index in [1.54, 1.807) is 6.92 Å². The Morgan fingerprint density at radius 3 is 2.24 bits per heavy atom. The number of Topliss-reactive ketones (excluding diaryl/α,β-unsaturated/α-hetero) is 2. The lowest BCUT2D eigenvalue weighted by Gasteiger charge is -2.67. The summed E-state index contributed by atoms with van der Waals surface area (Å²) in [5.41, 5.74) is -2.88. The highest BCUT2D eigenvalue weighted by Crippen LogP contribution is 2.70. The van der Waals surface area contributed by atoms with Crippen molar-refractivity contribution in [3.05, 3.63) is 0 Å². The van der Waals surface area contributed by atoms with Crippen molar-refractivity contribution >= 4 is 17.5 Å². The van der Waals surface area contributed by atoms with Crippen molar-refractivity contribution in [1.29, 1.82) is 0 Å². The number of hydrogen-bond donors (Lipinski definition) is 3. The zero-order valence-electron chi connectivity index (χ0n) is 17.7. The number of rotatable bonds is 1. The third-order valence-corrected chi connectivity index (χ3v) is 9.27. The van der Waals surface area contributed by atoms with Gasteiger partial charge in [0.25, 0.3) is 0 Å². The molecule has 0 amide bonds. The SMILES string of the molecule is CC(=O)O[C@H]1C[C@H](O)[C@]2(C)[C@H](C[C@@H](O)[C@]34C(=O)[C@H](C)[C@@H](C(=O)C[C@@H]23)[C@H]4O)C1(C)C. The van der Waals surface area contributed by atoms with Crippen LogP contribution in [0.2, 0.25) is 0 Å². The van der Waals surface area contributed by atoms with Crippen molar-refractivity contribution in [3.63, 3.8) is 0 Å². The number of esters is 1. The summed E-state index contributed by atoms with van der Waals surface area (Å²) in [6, 6.07) is 0. The van der Waals surface area contributed by atoms with Gasteiger partial charge in [-0.2, -0.15) is 0 Å². The predicted molar refractivity (Wildman–Crippen MR) is 101 cm³/mol. The van der Waals surface area contributed by atoms with Gasteiger partial charge >= 0.3 is 5.97 Å². The molecule has 4 saturated carbocycles. The quantitative estimate of drug-likeness (QED) is 0.550. The lowest BCUT2D eigenvalue weighted by atomic mass is 9.38. The van der Waals surface area contributed by atoms with Crippen LogP contribution in [0.4, 0.5) is 0 Å². The second kappa shape index (κ2) is 6.11. The Labute approximate surface area is 170 Å². The topological polar surface area (TPSA) is 121 Å². The number of carbonyl (C=O) groups excluding carboxylic acids is 3. The van der Waals surface area contributed by atoms with Gasteiger partial charge in [-0.15, -0.1) is 0 Å². The van der Waals surface area contributed by atoms with E-state index >= 15 is 0 Å². The van der Waals surface area contributed by atoms with E-state index < -0.39 is 64.4 Å². The summed E-state index contributed by atoms with van der Waals surface area (Å²) in [6.45, 7) is 8.76. The Morgan fingerprint density at radius 1 is 1.03 bits per heavy atom. The molecule has 0 radical (unpaired) electrons. The Bertz CT molecular complexity index is 775. The van der Waals surface area contributed by atoms with Crippen molar-refractivity contribution < 1.29 is 34.4 Å². The van der Waals surface area contributed by atoms with Crippen LogP contribution >= 0.6 is 0 Å². The number of aliphatic hydroxyl groups is 3. The van der Waals surface area contributed by atoms with Gasteiger partial charge in [0.1, 0.15) is 17.7 Å². The molecular weight excluding hydrogens is 376 g/mol. The molecule has 0 unspecified atom stereocenters. The molecule has 0 aromatic carbocycles. The van der Waals surface area contributed by atoms with Gasteiger partial charge < -0.3 is 20.1 Å². The molecule has 10 atom stereocenters. The second-order valence-electron chi connectivity index (χ2n) is 10.6. The zero-order chi connectivity index (χ0) is 21.7. The van der Waals surface area contributed by atoms with Crippen LogP contribution < -0.4 is 0 Å². The summed E-state index contributed by atoms with van der Waals surface area (Å²) in [5, 5.41) is 33.7. The van der Waals surface area contributed by atoms with E-state index in [2.05, 4.69) is 0 Å². The van der Waals surface area contributed by atoms with Gasteiger partial charge in [-0.05, 0) is 18.3 Å². The Morgan fingerprint density at radius 2 is 1.66 bits per heavy atom. The van der Waals surface area contributed by atoms with Crippen molar-refractivity contribution in [2.75, 3.05) is 0 Å². The Hall–Kier alpha value is -1.31. The Kier molecular flexibility index (Phi) is 4.41. The van der Waals surface area contributed by atoms with Crippen LogP contribution in [0, 0.1) is 39.9 Å². The number of aliphatic hydroxyl groups excluding tert-OH is 3. The van der Waals surface area contributed by atoms with E-state index in [1.165, 1.54) is 6.92 Å². The summed E-state index contributed by atoms with van der Waals surface area (Å²) in [7, 11) is 0. The maximum absolute atomic E-state index is 13.4. The first-order valence-electron chi connectivity index (χ1n) is 10.6. The van der Waals surface area contributed by atoms with Crippen LogP contribution in [0.15, 0.2) is 0 Å². The van der Waals surface area contributed by atoms with Crippen LogP contribution in [0.5, 0.6) is 0 Å². The molecule has 4 aliphatic rings. The average molecular weight is 408 g/mol. The Balaban J connectivity index is 1.86. The van der Waals surface area contributed by atoms with Gasteiger partial charge in [0.2, 0.25) is 0 Å². The molecule has 3 N–H and O–H groups in total. The van der Waals surface area contributed by atoms with Crippen molar-refractivity contribution in [1.82, 2.24) is 0 Å². The molecule has 0 heterocycles. The first-order valence-corrected chi connectivity index (χ1v) is 10.6. The maximum Gasteiger partial charge on any atom is 0.302 e. The maximum atomic E-state index is 13.4. The molecule has 7 heteroatoms. The molecule has 4 aliphatic carbocycles. The molecular formula is C22H32O7. The predicted octanol–water partition coefficient (Wildman–Crippen LogP) is 0.867. The normalized spacial score (nSPS) is 53.2. The van der Waals surface area contributed by atoms with Crippen LogP contribution in [0.1, 0.15) is 53.9 Å². The van der Waals surface area contributed by atoms with Gasteiger partial charge in [0.15, 0.2) is 0 Å². The van der Waals surface area contributed by atoms with Crippen LogP contribution in [-0.2, 0) is 19.1 Å². The average Bonchev–Trinajstić information content (AvgIpc) is 2.74. The minimum absolute atomic E-state index is 0.0627. The van der Waals surface area contributed by atoms with Gasteiger partial charge in [0.05, 0.1) is 29.6 Å². The lowest BCUT2D eigenvalue weighted by Crippen LogP contribution is -2.72. The summed E-state index contributed by atoms with van der Waals surface area (Å²) in [4.78, 5) is 37.9. The minimum atomic E-state index is -1.42. The fourth-order valence-corrected chi connectivity index (χ4v) is 7.81. The van der Waals surface area contributed by atoms with Gasteiger partial charge in [-0.25, -0.2) is 0 Å². The molecule has 0 aromatic heterocycles. The van der Waals surface area contributed by atoms with E-state index in [0.29, 0.717) is 0 Å². The first kappa shape index (κ1) is 20.9. The number of fused-ring (bicyclic) bond motifs is 3. The standard InChI is InChI=1S/C22H32O7/c1-9-17-11(24)6-13-21(5)12(7-15(26)22(13,18(9)27)19(17)28)20(3,4)16(8-14(21)25)29-10(2)23/h9,12-17,19,25-26,28H,6-8H2,1-5H3/t9-,12-,13+,14+,15-,16+,17+,19-,21-,22+/m1/s1. The third kappa shape index (κ3) is 2.27. The first-order chi connectivity index (χ1) is 13.3. The van der Waals surface area contributed by atoms with E-state index in [9.17, 15) is 29.7 Å². The second-order valence-corrected chi connectivity index (χ2v) is 10.6. The van der Waals surface area contributed by atoms with E-state index in [-0.39, 0.29) is 36.7 Å². The molecule has 2 bridgehead atoms. The fraction of sp³-hybridized carbons (Fsp3) is 0.864. The largest absolute Gasteiger partial charge is 0.462 e. The van der Waals surface area contributed by atoms with Gasteiger partial charge in [-0.1, -0.05) is 27.7 Å². The highest BCUT2D eigenvalue weighted by molar-refractivity contribution is 6.01. The number of ether oxygens (including phenoxy) is 1. The van der Waals surface area contributed by atoms with Crippen molar-refractivity contribution in [2.24, 2.45) is 39.9 Å². The zero-order valence-corrected chi connectivity index (χ0v) is 17.7. The van der Waals surface area contributed by atoms with E-state index in [1.807, 2.05) is 20.8 Å². The monoisotopic (exact) mass is 408 g/mol. The number of ketones is 2. The highest BCUT2D eigenvalue weighted by atomic mass is 16.5. The highest BCUT2D eigenvalue weighted by Gasteiger charge is 2.78. The smallest absolute Gasteiger partial charge is 0.302 e. The summed E-state index contributed by atoms with van der Waals surface area (Å²) >= 11 is 0. The molecule has 4 rings (SSSR count). The third-order valence-electron chi connectivity index (χ3n) is 9.27. The lowest BCUT2D eigenvalue weighted by molar-refractivity contribution is -0.266. The summed E-state index contributed by atoms with van der Waals surface area (Å²) in [6.07, 6.45) is -3.36. The van der Waals surface area contributed by atoms with Crippen LogP contribution in [0.25, 0.3) is 0 Å². The van der Waals surface area contributed by atoms with Crippen molar-refractivity contribution in [2.45, 2.75) is 78.3 Å². The molecule has 29 heavy (non-hydrogen) atoms. The summed E-state index contributed by atoms with van der Waals surface area (Å²) in [5.74, 6) is -3.24. The van der Waals surface area contributed by atoms with Gasteiger partial charge in [-0.3, -0.25) is 14.4 Å². The summed E-state index contributed by atoms with van der Waals surface area (Å²) < 4.78 is 5.52. The van der Waals surface area contributed by atoms with Crippen LogP contribution in [0.3, 0.4) is 0 Å². The van der Waals surface area contributed by atoms with E-state index in [0.717, 1.165) is 0 Å². The van der Waals surface area contributed by atoms with E-state index in [4.69, 9.17) is 4.74 Å². The number of carbonyl (C=O) groups is 3. The van der Waals surface area contributed by atoms with Gasteiger partial charge in [0, 0.05) is 36.5 Å².